The molecule has 0 aliphatic carbocycles. The number of halogens is 4. The minimum atomic E-state index is -3.01. The first kappa shape index (κ1) is 27.7. The van der Waals surface area contributed by atoms with Crippen molar-refractivity contribution < 1.29 is 32.0 Å². The molecule has 4 heterocycles. The molecule has 1 amide bonds. The predicted molar refractivity (Wildman–Crippen MR) is 139 cm³/mol. The molecule has 1 fully saturated rings. The Morgan fingerprint density at radius 1 is 1.23 bits per heavy atom. The number of oxime groups is 2. The van der Waals surface area contributed by atoms with Gasteiger partial charge in [0.2, 0.25) is 5.91 Å². The maximum Gasteiger partial charge on any atom is 0.282 e. The Morgan fingerprint density at radius 3 is 2.73 bits per heavy atom. The summed E-state index contributed by atoms with van der Waals surface area (Å²) in [4.78, 5) is 29.6. The minimum Gasteiger partial charge on any atom is -0.399 e. The number of nitrogens with zero attached hydrogens (tertiary/aromatic N) is 6. The van der Waals surface area contributed by atoms with E-state index in [9.17, 15) is 22.4 Å². The third-order valence-corrected chi connectivity index (χ3v) is 7.89. The average molecular weight is 579 g/mol. The summed E-state index contributed by atoms with van der Waals surface area (Å²) in [6, 6.07) is 8.35. The molecule has 1 unspecified atom stereocenters. The van der Waals surface area contributed by atoms with Crippen molar-refractivity contribution in [1.29, 1.82) is 0 Å². The number of carbonyl (C=O) groups excluding carboxylic acids is 1. The van der Waals surface area contributed by atoms with Crippen LogP contribution in [0.15, 0.2) is 46.0 Å². The number of rotatable bonds is 9. The van der Waals surface area contributed by atoms with Gasteiger partial charge in [0.05, 0.1) is 16.9 Å². The summed E-state index contributed by atoms with van der Waals surface area (Å²) < 4.78 is 53.1. The normalized spacial score (nSPS) is 18.1. The smallest absolute Gasteiger partial charge is 0.282 e. The van der Waals surface area contributed by atoms with Crippen LogP contribution in [0.4, 0.5) is 17.6 Å². The fourth-order valence-electron chi connectivity index (χ4n) is 4.80. The van der Waals surface area contributed by atoms with Crippen LogP contribution in [0.25, 0.3) is 0 Å². The highest BCUT2D eigenvalue weighted by Crippen LogP contribution is 2.34. The lowest BCUT2D eigenvalue weighted by Crippen LogP contribution is -2.40. The monoisotopic (exact) mass is 578 g/mol. The van der Waals surface area contributed by atoms with Crippen LogP contribution in [0.1, 0.15) is 77.4 Å². The molecule has 0 bridgehead atoms. The van der Waals surface area contributed by atoms with Crippen molar-refractivity contribution in [1.82, 2.24) is 19.7 Å². The van der Waals surface area contributed by atoms with E-state index in [1.54, 1.807) is 11.1 Å². The van der Waals surface area contributed by atoms with Gasteiger partial charge in [0.15, 0.2) is 6.10 Å². The highest BCUT2D eigenvalue weighted by molar-refractivity contribution is 7.10. The van der Waals surface area contributed by atoms with Crippen molar-refractivity contribution in [2.45, 2.75) is 50.7 Å². The summed E-state index contributed by atoms with van der Waals surface area (Å²) in [5.74, 6) is -0.317. The Morgan fingerprint density at radius 2 is 2.00 bits per heavy atom. The van der Waals surface area contributed by atoms with Gasteiger partial charge in [0.25, 0.3) is 12.9 Å². The van der Waals surface area contributed by atoms with Gasteiger partial charge in [0.1, 0.15) is 30.8 Å². The van der Waals surface area contributed by atoms with E-state index in [-0.39, 0.29) is 12.0 Å². The van der Waals surface area contributed by atoms with Gasteiger partial charge in [-0.3, -0.25) is 9.48 Å². The van der Waals surface area contributed by atoms with Gasteiger partial charge >= 0.3 is 0 Å². The summed E-state index contributed by atoms with van der Waals surface area (Å²) in [5.41, 5.74) is 1.85. The molecule has 5 rings (SSSR count). The molecule has 1 aromatic carbocycles. The SMILES string of the molecule is CON=Cc1ccccc1C1CC(c2csc(C3CCN(C(=O)Cn4nc(C(F)F)cc4C(F)F)CC3)n2)=NO1. The lowest BCUT2D eigenvalue weighted by Gasteiger charge is -2.31. The first-order valence-corrected chi connectivity index (χ1v) is 13.5. The number of aromatic nitrogens is 3. The molecule has 3 aromatic rings. The minimum absolute atomic E-state index is 0.124. The molecular weight excluding hydrogens is 552 g/mol. The van der Waals surface area contributed by atoms with Crippen molar-refractivity contribution >= 4 is 29.2 Å². The van der Waals surface area contributed by atoms with Crippen LogP contribution >= 0.6 is 11.3 Å². The number of benzene rings is 1. The zero-order valence-electron chi connectivity index (χ0n) is 21.4. The van der Waals surface area contributed by atoms with Crippen molar-refractivity contribution in [2.24, 2.45) is 10.3 Å². The second-order valence-electron chi connectivity index (χ2n) is 9.36. The largest absolute Gasteiger partial charge is 0.399 e. The maximum atomic E-state index is 13.3. The molecule has 212 valence electrons. The number of hydrogen-bond donors (Lipinski definition) is 0. The van der Waals surface area contributed by atoms with E-state index in [1.165, 1.54) is 18.4 Å². The molecule has 1 saturated heterocycles. The topological polar surface area (TPSA) is 94.2 Å². The summed E-state index contributed by atoms with van der Waals surface area (Å²) in [6.07, 6.45) is -2.82. The molecule has 0 radical (unpaired) electrons. The van der Waals surface area contributed by atoms with E-state index < -0.39 is 36.7 Å². The van der Waals surface area contributed by atoms with Gasteiger partial charge in [0, 0.05) is 41.9 Å². The van der Waals surface area contributed by atoms with Crippen LogP contribution in [0.2, 0.25) is 0 Å². The van der Waals surface area contributed by atoms with Gasteiger partial charge in [-0.05, 0) is 18.9 Å². The zero-order valence-corrected chi connectivity index (χ0v) is 22.2. The Kier molecular flexibility index (Phi) is 8.43. The molecule has 2 aromatic heterocycles. The zero-order chi connectivity index (χ0) is 28.2. The third-order valence-electron chi connectivity index (χ3n) is 6.89. The van der Waals surface area contributed by atoms with Gasteiger partial charge in [-0.1, -0.05) is 34.6 Å². The fraction of sp³-hybridized carbons (Fsp3) is 0.423. The number of hydrogen-bond acceptors (Lipinski definition) is 8. The Bertz CT molecular complexity index is 1400. The van der Waals surface area contributed by atoms with Crippen molar-refractivity contribution in [3.8, 4) is 0 Å². The second kappa shape index (κ2) is 12.1. The molecule has 9 nitrogen and oxygen atoms in total. The van der Waals surface area contributed by atoms with Gasteiger partial charge in [-0.25, -0.2) is 22.5 Å². The van der Waals surface area contributed by atoms with E-state index in [0.29, 0.717) is 43.1 Å². The Labute approximate surface area is 231 Å². The molecule has 0 saturated carbocycles. The number of thiazole rings is 1. The van der Waals surface area contributed by atoms with Crippen LogP contribution in [0.5, 0.6) is 0 Å². The molecule has 0 spiro atoms. The van der Waals surface area contributed by atoms with Gasteiger partial charge < -0.3 is 14.6 Å². The Hall–Kier alpha value is -3.81. The highest BCUT2D eigenvalue weighted by Gasteiger charge is 2.30. The number of carbonyl (C=O) groups is 1. The maximum absolute atomic E-state index is 13.3. The molecule has 2 aliphatic heterocycles. The summed E-state index contributed by atoms with van der Waals surface area (Å²) in [5, 5.41) is 14.5. The first-order valence-electron chi connectivity index (χ1n) is 12.6. The number of likely N-dealkylation sites (tertiary alicyclic amines) is 1. The predicted octanol–water partition coefficient (Wildman–Crippen LogP) is 5.47. The highest BCUT2D eigenvalue weighted by atomic mass is 32.1. The van der Waals surface area contributed by atoms with Crippen molar-refractivity contribution in [3.63, 3.8) is 0 Å². The molecule has 2 aliphatic rings. The molecule has 14 heteroatoms. The van der Waals surface area contributed by atoms with Crippen LogP contribution in [0, 0.1) is 0 Å². The summed E-state index contributed by atoms with van der Waals surface area (Å²) >= 11 is 1.52. The summed E-state index contributed by atoms with van der Waals surface area (Å²) in [6.45, 7) is 0.286. The van der Waals surface area contributed by atoms with Crippen molar-refractivity contribution in [3.05, 3.63) is 68.9 Å². The molecule has 0 N–H and O–H groups in total. The fourth-order valence-corrected chi connectivity index (χ4v) is 5.80. The lowest BCUT2D eigenvalue weighted by molar-refractivity contribution is -0.133. The van der Waals surface area contributed by atoms with Crippen LogP contribution < -0.4 is 0 Å². The Balaban J connectivity index is 1.17. The van der Waals surface area contributed by atoms with E-state index >= 15 is 0 Å². The van der Waals surface area contributed by atoms with E-state index in [2.05, 4.69) is 15.4 Å². The van der Waals surface area contributed by atoms with Crippen molar-refractivity contribution in [2.75, 3.05) is 20.2 Å². The van der Waals surface area contributed by atoms with E-state index in [0.717, 1.165) is 27.5 Å². The molecule has 40 heavy (non-hydrogen) atoms. The van der Waals surface area contributed by atoms with Crippen LogP contribution in [-0.4, -0.2) is 57.7 Å². The third kappa shape index (κ3) is 6.01. The number of piperidine rings is 1. The van der Waals surface area contributed by atoms with Gasteiger partial charge in [-0.15, -0.1) is 11.3 Å². The molecular formula is C26H26F4N6O3S. The number of amides is 1. The van der Waals surface area contributed by atoms with E-state index in [1.807, 2.05) is 29.6 Å². The average Bonchev–Trinajstić information content (AvgIpc) is 3.72. The molecule has 1 atom stereocenters. The van der Waals surface area contributed by atoms with Gasteiger partial charge in [-0.2, -0.15) is 5.10 Å². The van der Waals surface area contributed by atoms with E-state index in [4.69, 9.17) is 14.7 Å². The lowest BCUT2D eigenvalue weighted by atomic mass is 9.97. The number of alkyl halides is 4. The second-order valence-corrected chi connectivity index (χ2v) is 10.3. The standard InChI is InChI=1S/C26H26F4N6O3S/c1-38-31-12-16-4-2-3-5-17(16)22-11-18(34-39-22)20-14-40-26(32-20)15-6-8-35(9-7-15)23(37)13-36-21(25(29)30)10-19(33-36)24(27)28/h2-5,10,12,14-15,22,24-25H,6-9,11,13H2,1H3. The van der Waals surface area contributed by atoms with Crippen LogP contribution in [-0.2, 0) is 21.0 Å². The van der Waals surface area contributed by atoms with Crippen LogP contribution in [0.3, 0.4) is 0 Å². The quantitative estimate of drug-likeness (QED) is 0.191. The summed E-state index contributed by atoms with van der Waals surface area (Å²) in [7, 11) is 1.48. The first-order chi connectivity index (χ1) is 19.3.